The Bertz CT molecular complexity index is 761. The summed E-state index contributed by atoms with van der Waals surface area (Å²) in [5.41, 5.74) is 7.16. The van der Waals surface area contributed by atoms with Gasteiger partial charge in [-0.05, 0) is 57.4 Å². The first-order valence-electron chi connectivity index (χ1n) is 7.10. The van der Waals surface area contributed by atoms with Crippen LogP contribution in [0.3, 0.4) is 0 Å². The maximum Gasteiger partial charge on any atom is 0.141 e. The molecule has 110 valence electrons. The molecule has 21 heavy (non-hydrogen) atoms. The van der Waals surface area contributed by atoms with Crippen molar-refractivity contribution in [3.05, 3.63) is 58.6 Å². The molecule has 0 aliphatic carbocycles. The molecule has 1 heterocycles. The largest absolute Gasteiger partial charge is 0.515 e. The number of aliphatic hydroxyl groups excluding tert-OH is 1. The molecule has 0 aliphatic heterocycles. The van der Waals surface area contributed by atoms with Crippen molar-refractivity contribution in [3.63, 3.8) is 0 Å². The van der Waals surface area contributed by atoms with Gasteiger partial charge >= 0.3 is 0 Å². The number of aromatic nitrogens is 2. The van der Waals surface area contributed by atoms with Crippen molar-refractivity contribution in [2.24, 2.45) is 0 Å². The minimum atomic E-state index is 0.697. The van der Waals surface area contributed by atoms with Crippen molar-refractivity contribution in [3.8, 4) is 0 Å². The van der Waals surface area contributed by atoms with Gasteiger partial charge in [0.1, 0.15) is 5.82 Å². The number of hydrogen-bond acceptors (Lipinski definition) is 2. The van der Waals surface area contributed by atoms with Crippen LogP contribution in [0.1, 0.15) is 39.1 Å². The number of fused-ring (bicyclic) bond motifs is 1. The van der Waals surface area contributed by atoms with Crippen LogP contribution >= 0.6 is 0 Å². The molecule has 3 nitrogen and oxygen atoms in total. The second-order valence-electron chi connectivity index (χ2n) is 5.32. The van der Waals surface area contributed by atoms with Gasteiger partial charge in [0.15, 0.2) is 0 Å². The summed E-state index contributed by atoms with van der Waals surface area (Å²) < 4.78 is 0. The predicted octanol–water partition coefficient (Wildman–Crippen LogP) is 5.07. The molecule has 0 unspecified atom stereocenters. The standard InChI is InChI=1S/C18H22N2O/c1-6-11(2)13(4)14(5)15(10-21)18-19-16-9-7-8-12(3)17(16)20-18/h6-10,21H,1-5H3,(H,19,20)/b11-6+,14-13-,15-10-. The minimum absolute atomic E-state index is 0.697. The number of nitrogens with zero attached hydrogens (tertiary/aromatic N) is 1. The van der Waals surface area contributed by atoms with Crippen LogP contribution in [-0.2, 0) is 0 Å². The lowest BCUT2D eigenvalue weighted by Crippen LogP contribution is -1.94. The van der Waals surface area contributed by atoms with Gasteiger partial charge in [0.2, 0.25) is 0 Å². The monoisotopic (exact) mass is 282 g/mol. The van der Waals surface area contributed by atoms with Gasteiger partial charge in [-0.25, -0.2) is 4.98 Å². The Hall–Kier alpha value is -2.29. The average molecular weight is 282 g/mol. The van der Waals surface area contributed by atoms with E-state index in [2.05, 4.69) is 29.9 Å². The van der Waals surface area contributed by atoms with Crippen LogP contribution in [0.15, 0.2) is 47.3 Å². The highest BCUT2D eigenvalue weighted by Gasteiger charge is 2.13. The Labute approximate surface area is 125 Å². The number of rotatable bonds is 3. The second-order valence-corrected chi connectivity index (χ2v) is 5.32. The van der Waals surface area contributed by atoms with Crippen LogP contribution in [0.25, 0.3) is 16.6 Å². The molecule has 0 spiro atoms. The number of allylic oxidation sites excluding steroid dienone is 5. The number of nitrogens with one attached hydrogen (secondary N) is 1. The summed E-state index contributed by atoms with van der Waals surface area (Å²) >= 11 is 0. The first kappa shape index (κ1) is 15.1. The third-order valence-corrected chi connectivity index (χ3v) is 4.10. The zero-order chi connectivity index (χ0) is 15.6. The topological polar surface area (TPSA) is 48.9 Å². The Morgan fingerprint density at radius 3 is 2.48 bits per heavy atom. The Balaban J connectivity index is 2.58. The lowest BCUT2D eigenvalue weighted by atomic mass is 9.98. The maximum absolute atomic E-state index is 9.67. The van der Waals surface area contributed by atoms with Gasteiger partial charge in [-0.15, -0.1) is 0 Å². The van der Waals surface area contributed by atoms with E-state index in [1.54, 1.807) is 0 Å². The number of para-hydroxylation sites is 1. The van der Waals surface area contributed by atoms with Crippen LogP contribution in [0.5, 0.6) is 0 Å². The van der Waals surface area contributed by atoms with E-state index in [0.29, 0.717) is 5.82 Å². The summed E-state index contributed by atoms with van der Waals surface area (Å²) in [6, 6.07) is 6.01. The van der Waals surface area contributed by atoms with Gasteiger partial charge in [-0.2, -0.15) is 0 Å². The van der Waals surface area contributed by atoms with Crippen LogP contribution in [0.2, 0.25) is 0 Å². The highest BCUT2D eigenvalue weighted by molar-refractivity contribution is 5.85. The molecule has 0 bridgehead atoms. The van der Waals surface area contributed by atoms with Gasteiger partial charge < -0.3 is 10.1 Å². The zero-order valence-corrected chi connectivity index (χ0v) is 13.3. The predicted molar refractivity (Wildman–Crippen MR) is 89.2 cm³/mol. The van der Waals surface area contributed by atoms with Gasteiger partial charge in [0.05, 0.1) is 22.9 Å². The fourth-order valence-electron chi connectivity index (χ4n) is 2.35. The van der Waals surface area contributed by atoms with Gasteiger partial charge in [0, 0.05) is 0 Å². The number of hydrogen-bond donors (Lipinski definition) is 2. The van der Waals surface area contributed by atoms with Gasteiger partial charge in [-0.3, -0.25) is 0 Å². The molecule has 0 saturated heterocycles. The average Bonchev–Trinajstić information content (AvgIpc) is 2.91. The molecule has 1 aromatic carbocycles. The molecule has 2 rings (SSSR count). The highest BCUT2D eigenvalue weighted by Crippen LogP contribution is 2.28. The molecule has 2 N–H and O–H groups in total. The van der Waals surface area contributed by atoms with E-state index in [0.717, 1.165) is 39.6 Å². The molecule has 3 heteroatoms. The number of H-pyrrole nitrogens is 1. The summed E-state index contributed by atoms with van der Waals surface area (Å²) in [6.45, 7) is 10.2. The highest BCUT2D eigenvalue weighted by atomic mass is 16.2. The third kappa shape index (κ3) is 2.77. The zero-order valence-electron chi connectivity index (χ0n) is 13.3. The van der Waals surface area contributed by atoms with Crippen molar-refractivity contribution < 1.29 is 5.11 Å². The van der Waals surface area contributed by atoms with Crippen LogP contribution in [0.4, 0.5) is 0 Å². The van der Waals surface area contributed by atoms with E-state index >= 15 is 0 Å². The van der Waals surface area contributed by atoms with Crippen molar-refractivity contribution in [2.75, 3.05) is 0 Å². The number of aromatic amines is 1. The molecule has 0 atom stereocenters. The smallest absolute Gasteiger partial charge is 0.141 e. The van der Waals surface area contributed by atoms with E-state index in [4.69, 9.17) is 0 Å². The van der Waals surface area contributed by atoms with Crippen molar-refractivity contribution in [1.29, 1.82) is 0 Å². The molecule has 0 saturated carbocycles. The van der Waals surface area contributed by atoms with Crippen LogP contribution < -0.4 is 0 Å². The molecule has 0 aliphatic rings. The first-order chi connectivity index (χ1) is 9.99. The fraction of sp³-hybridized carbons (Fsp3) is 0.278. The number of aryl methyl sites for hydroxylation is 1. The molecular formula is C18H22N2O. The molecule has 2 aromatic rings. The lowest BCUT2D eigenvalue weighted by Gasteiger charge is -2.09. The van der Waals surface area contributed by atoms with Gasteiger partial charge in [0.25, 0.3) is 0 Å². The second kappa shape index (κ2) is 6.00. The molecule has 0 fully saturated rings. The Kier molecular flexibility index (Phi) is 4.32. The van der Waals surface area contributed by atoms with E-state index in [1.807, 2.05) is 39.0 Å². The summed E-state index contributed by atoms with van der Waals surface area (Å²) in [5, 5.41) is 9.67. The van der Waals surface area contributed by atoms with E-state index in [1.165, 1.54) is 5.57 Å². The Morgan fingerprint density at radius 1 is 1.19 bits per heavy atom. The minimum Gasteiger partial charge on any atom is -0.515 e. The van der Waals surface area contributed by atoms with Crippen LogP contribution in [0, 0.1) is 6.92 Å². The summed E-state index contributed by atoms with van der Waals surface area (Å²) in [4.78, 5) is 7.91. The first-order valence-corrected chi connectivity index (χ1v) is 7.10. The lowest BCUT2D eigenvalue weighted by molar-refractivity contribution is 0.475. The van der Waals surface area contributed by atoms with Crippen molar-refractivity contribution >= 4 is 16.6 Å². The van der Waals surface area contributed by atoms with E-state index in [-0.39, 0.29) is 0 Å². The van der Waals surface area contributed by atoms with Crippen LogP contribution in [-0.4, -0.2) is 15.1 Å². The third-order valence-electron chi connectivity index (χ3n) is 4.10. The van der Waals surface area contributed by atoms with E-state index < -0.39 is 0 Å². The SMILES string of the molecule is C/C=C(C)/C(C)=C(C)\C(=C\O)c1nc2cccc(C)c2[nH]1. The maximum atomic E-state index is 9.67. The summed E-state index contributed by atoms with van der Waals surface area (Å²) in [6.07, 6.45) is 3.20. The summed E-state index contributed by atoms with van der Waals surface area (Å²) in [5.74, 6) is 0.697. The molecule has 0 amide bonds. The van der Waals surface area contributed by atoms with E-state index in [9.17, 15) is 5.11 Å². The molecule has 0 radical (unpaired) electrons. The van der Waals surface area contributed by atoms with Gasteiger partial charge in [-0.1, -0.05) is 23.8 Å². The fourth-order valence-corrected chi connectivity index (χ4v) is 2.35. The Morgan fingerprint density at radius 2 is 1.90 bits per heavy atom. The number of benzene rings is 1. The normalized spacial score (nSPS) is 14.5. The number of aliphatic hydroxyl groups is 1. The number of imidazole rings is 1. The molecule has 1 aromatic heterocycles. The quantitative estimate of drug-likeness (QED) is 0.609. The van der Waals surface area contributed by atoms with Crippen molar-refractivity contribution in [2.45, 2.75) is 34.6 Å². The molecular weight excluding hydrogens is 260 g/mol. The van der Waals surface area contributed by atoms with Crippen molar-refractivity contribution in [1.82, 2.24) is 9.97 Å². The summed E-state index contributed by atoms with van der Waals surface area (Å²) in [7, 11) is 0.